The van der Waals surface area contributed by atoms with Gasteiger partial charge >= 0.3 is 0 Å². The van der Waals surface area contributed by atoms with Gasteiger partial charge in [-0.2, -0.15) is 0 Å². The highest BCUT2D eigenvalue weighted by molar-refractivity contribution is 5.71. The molecule has 0 aromatic heterocycles. The molecule has 1 fully saturated rings. The summed E-state index contributed by atoms with van der Waals surface area (Å²) in [5, 5.41) is 0. The second kappa shape index (κ2) is 4.42. The summed E-state index contributed by atoms with van der Waals surface area (Å²) in [7, 11) is 0. The summed E-state index contributed by atoms with van der Waals surface area (Å²) in [6.45, 7) is 3.84. The molecule has 2 aliphatic heterocycles. The van der Waals surface area contributed by atoms with E-state index in [1.165, 1.54) is 12.8 Å². The van der Waals surface area contributed by atoms with Crippen molar-refractivity contribution in [3.63, 3.8) is 0 Å². The molecular formula is C10H16N2O. The molecule has 0 spiro atoms. The van der Waals surface area contributed by atoms with E-state index in [0.29, 0.717) is 0 Å². The van der Waals surface area contributed by atoms with Gasteiger partial charge in [0, 0.05) is 32.2 Å². The third-order valence-electron chi connectivity index (χ3n) is 2.59. The number of hydrogen-bond donors (Lipinski definition) is 0. The molecule has 13 heavy (non-hydrogen) atoms. The van der Waals surface area contributed by atoms with Crippen LogP contribution in [0.3, 0.4) is 0 Å². The lowest BCUT2D eigenvalue weighted by Crippen LogP contribution is -2.30. The summed E-state index contributed by atoms with van der Waals surface area (Å²) in [5.74, 6) is 0.798. The van der Waals surface area contributed by atoms with Crippen molar-refractivity contribution in [1.29, 1.82) is 0 Å². The van der Waals surface area contributed by atoms with E-state index >= 15 is 0 Å². The Balaban J connectivity index is 1.76. The average molecular weight is 180 g/mol. The smallest absolute Gasteiger partial charge is 0.109 e. The van der Waals surface area contributed by atoms with Crippen LogP contribution in [0.4, 0.5) is 0 Å². The molecule has 0 bridgehead atoms. The molecule has 0 aliphatic carbocycles. The van der Waals surface area contributed by atoms with Crippen molar-refractivity contribution in [2.45, 2.75) is 12.8 Å². The summed E-state index contributed by atoms with van der Waals surface area (Å²) in [6, 6.07) is 0. The minimum Gasteiger partial charge on any atom is -0.381 e. The molecule has 2 heterocycles. The molecule has 0 saturated carbocycles. The van der Waals surface area contributed by atoms with E-state index < -0.39 is 0 Å². The van der Waals surface area contributed by atoms with Crippen molar-refractivity contribution in [3.05, 3.63) is 12.3 Å². The van der Waals surface area contributed by atoms with Crippen molar-refractivity contribution in [3.8, 4) is 0 Å². The van der Waals surface area contributed by atoms with Crippen molar-refractivity contribution in [1.82, 2.24) is 4.90 Å². The fraction of sp³-hybridized carbons (Fsp3) is 0.700. The average Bonchev–Trinajstić information content (AvgIpc) is 2.21. The molecule has 3 nitrogen and oxygen atoms in total. The third-order valence-corrected chi connectivity index (χ3v) is 2.59. The zero-order valence-electron chi connectivity index (χ0n) is 7.85. The van der Waals surface area contributed by atoms with Crippen LogP contribution in [0.2, 0.25) is 0 Å². The Morgan fingerprint density at radius 2 is 2.23 bits per heavy atom. The second-order valence-electron chi connectivity index (χ2n) is 3.64. The van der Waals surface area contributed by atoms with E-state index in [9.17, 15) is 0 Å². The van der Waals surface area contributed by atoms with Crippen LogP contribution in [0, 0.1) is 5.92 Å². The van der Waals surface area contributed by atoms with Gasteiger partial charge in [0.1, 0.15) is 6.67 Å². The Hall–Kier alpha value is -0.830. The quantitative estimate of drug-likeness (QED) is 0.639. The number of rotatable bonds is 2. The van der Waals surface area contributed by atoms with Gasteiger partial charge in [-0.25, -0.2) is 0 Å². The monoisotopic (exact) mass is 180 g/mol. The van der Waals surface area contributed by atoms with E-state index in [-0.39, 0.29) is 0 Å². The van der Waals surface area contributed by atoms with Crippen LogP contribution in [-0.4, -0.2) is 37.5 Å². The van der Waals surface area contributed by atoms with E-state index in [1.807, 2.05) is 12.3 Å². The molecule has 72 valence electrons. The molecule has 1 saturated heterocycles. The molecule has 0 radical (unpaired) electrons. The second-order valence-corrected chi connectivity index (χ2v) is 3.64. The maximum atomic E-state index is 5.32. The van der Waals surface area contributed by atoms with Gasteiger partial charge in [0.2, 0.25) is 0 Å². The molecule has 0 N–H and O–H groups in total. The predicted molar refractivity (Wildman–Crippen MR) is 52.7 cm³/mol. The first-order valence-electron chi connectivity index (χ1n) is 4.93. The Morgan fingerprint density at radius 1 is 1.38 bits per heavy atom. The topological polar surface area (TPSA) is 24.8 Å². The molecule has 3 heteroatoms. The van der Waals surface area contributed by atoms with E-state index in [2.05, 4.69) is 16.1 Å². The summed E-state index contributed by atoms with van der Waals surface area (Å²) < 4.78 is 5.32. The standard InChI is InChI=1S/C10H16N2O/c1-4-11-9-12(5-1)8-10-2-6-13-7-3-10/h1,4-5,10H,2-3,6-9H2. The van der Waals surface area contributed by atoms with Gasteiger partial charge < -0.3 is 9.64 Å². The Morgan fingerprint density at radius 3 is 2.92 bits per heavy atom. The number of aliphatic imine (C=N–C) groups is 1. The zero-order valence-corrected chi connectivity index (χ0v) is 7.85. The van der Waals surface area contributed by atoms with Crippen LogP contribution in [0.25, 0.3) is 0 Å². The normalized spacial score (nSPS) is 23.8. The fourth-order valence-corrected chi connectivity index (χ4v) is 1.80. The SMILES string of the molecule is C1=CN(CC2CCOCC2)CN=C1. The molecular weight excluding hydrogens is 164 g/mol. The third kappa shape index (κ3) is 2.56. The first-order chi connectivity index (χ1) is 6.45. The lowest BCUT2D eigenvalue weighted by atomic mass is 10.00. The number of nitrogens with zero attached hydrogens (tertiary/aromatic N) is 2. The number of allylic oxidation sites excluding steroid dienone is 1. The Bertz CT molecular complexity index is 207. The lowest BCUT2D eigenvalue weighted by Gasteiger charge is -2.28. The minimum atomic E-state index is 0.798. The van der Waals surface area contributed by atoms with Crippen LogP contribution >= 0.6 is 0 Å². The summed E-state index contributed by atoms with van der Waals surface area (Å²) in [6.07, 6.45) is 8.40. The Labute approximate surface area is 79.1 Å². The number of ether oxygens (including phenoxy) is 1. The van der Waals surface area contributed by atoms with Crippen molar-refractivity contribution in [2.75, 3.05) is 26.4 Å². The fourth-order valence-electron chi connectivity index (χ4n) is 1.80. The molecule has 0 unspecified atom stereocenters. The van der Waals surface area contributed by atoms with Crippen molar-refractivity contribution < 1.29 is 4.74 Å². The van der Waals surface area contributed by atoms with Gasteiger partial charge in [-0.15, -0.1) is 0 Å². The lowest BCUT2D eigenvalue weighted by molar-refractivity contribution is 0.0580. The highest BCUT2D eigenvalue weighted by Gasteiger charge is 2.15. The number of hydrogen-bond acceptors (Lipinski definition) is 3. The molecule has 0 aromatic carbocycles. The highest BCUT2D eigenvalue weighted by Crippen LogP contribution is 2.16. The zero-order chi connectivity index (χ0) is 8.93. The molecule has 2 aliphatic rings. The molecule has 2 rings (SSSR count). The maximum absolute atomic E-state index is 5.32. The van der Waals surface area contributed by atoms with Gasteiger partial charge in [0.15, 0.2) is 0 Å². The van der Waals surface area contributed by atoms with Crippen molar-refractivity contribution >= 4 is 6.21 Å². The predicted octanol–water partition coefficient (Wildman–Crippen LogP) is 1.27. The molecule has 0 amide bonds. The van der Waals surface area contributed by atoms with Crippen LogP contribution in [0.5, 0.6) is 0 Å². The van der Waals surface area contributed by atoms with Gasteiger partial charge in [0.05, 0.1) is 0 Å². The van der Waals surface area contributed by atoms with Gasteiger partial charge in [-0.05, 0) is 24.8 Å². The highest BCUT2D eigenvalue weighted by atomic mass is 16.5. The van der Waals surface area contributed by atoms with E-state index in [4.69, 9.17) is 4.74 Å². The maximum Gasteiger partial charge on any atom is 0.109 e. The van der Waals surface area contributed by atoms with Crippen LogP contribution in [-0.2, 0) is 4.74 Å². The molecule has 0 aromatic rings. The summed E-state index contributed by atoms with van der Waals surface area (Å²) in [5.41, 5.74) is 0. The first-order valence-corrected chi connectivity index (χ1v) is 4.93. The van der Waals surface area contributed by atoms with Gasteiger partial charge in [-0.3, -0.25) is 4.99 Å². The largest absolute Gasteiger partial charge is 0.381 e. The van der Waals surface area contributed by atoms with Crippen molar-refractivity contribution in [2.24, 2.45) is 10.9 Å². The molecule has 0 atom stereocenters. The van der Waals surface area contributed by atoms with Gasteiger partial charge in [-0.1, -0.05) is 0 Å². The first kappa shape index (κ1) is 8.75. The van der Waals surface area contributed by atoms with E-state index in [1.54, 1.807) is 0 Å². The Kier molecular flexibility index (Phi) is 2.98. The van der Waals surface area contributed by atoms with Gasteiger partial charge in [0.25, 0.3) is 0 Å². The van der Waals surface area contributed by atoms with Crippen LogP contribution in [0.1, 0.15) is 12.8 Å². The summed E-state index contributed by atoms with van der Waals surface area (Å²) in [4.78, 5) is 6.48. The minimum absolute atomic E-state index is 0.798. The van der Waals surface area contributed by atoms with E-state index in [0.717, 1.165) is 32.3 Å². The van der Waals surface area contributed by atoms with Crippen LogP contribution < -0.4 is 0 Å². The summed E-state index contributed by atoms with van der Waals surface area (Å²) >= 11 is 0. The van der Waals surface area contributed by atoms with Crippen LogP contribution in [0.15, 0.2) is 17.3 Å².